The second kappa shape index (κ2) is 12.6. The smallest absolute Gasteiger partial charge is 1.00 e. The quantitative estimate of drug-likeness (QED) is 0.254. The number of halogens is 2. The van der Waals surface area contributed by atoms with E-state index in [0.29, 0.717) is 0 Å². The normalized spacial score (nSPS) is 13.2. The maximum absolute atomic E-state index is 2.62. The molecule has 6 rings (SSSR count). The number of rotatable bonds is 6. The van der Waals surface area contributed by atoms with Crippen molar-refractivity contribution >= 4 is 7.68 Å². The van der Waals surface area contributed by atoms with Gasteiger partial charge in [0.25, 0.3) is 0 Å². The third kappa shape index (κ3) is 5.72. The van der Waals surface area contributed by atoms with Crippen LogP contribution in [0.2, 0.25) is 0 Å². The van der Waals surface area contributed by atoms with Crippen LogP contribution in [0.5, 0.6) is 0 Å². The van der Waals surface area contributed by atoms with Crippen LogP contribution in [0.3, 0.4) is 0 Å². The first-order valence-corrected chi connectivity index (χ1v) is 17.0. The molecule has 0 spiro atoms. The van der Waals surface area contributed by atoms with Crippen molar-refractivity contribution in [2.75, 3.05) is 0 Å². The summed E-state index contributed by atoms with van der Waals surface area (Å²) in [6.45, 7) is 14.3. The van der Waals surface area contributed by atoms with Crippen LogP contribution in [0.4, 0.5) is 0 Å². The summed E-state index contributed by atoms with van der Waals surface area (Å²) >= 11 is -1.83. The van der Waals surface area contributed by atoms with Crippen molar-refractivity contribution in [1.29, 1.82) is 0 Å². The Balaban J connectivity index is 0.00000202. The summed E-state index contributed by atoms with van der Waals surface area (Å²) in [6, 6.07) is 34.5. The summed E-state index contributed by atoms with van der Waals surface area (Å²) in [5, 5.41) is 0. The second-order valence-corrected chi connectivity index (χ2v) is 17.4. The van der Waals surface area contributed by atoms with Gasteiger partial charge < -0.3 is 24.8 Å². The van der Waals surface area contributed by atoms with Crippen LogP contribution in [-0.2, 0) is 34.7 Å². The number of benzene rings is 4. The van der Waals surface area contributed by atoms with Gasteiger partial charge in [0.1, 0.15) is 0 Å². The summed E-state index contributed by atoms with van der Waals surface area (Å²) < 4.78 is 4.97. The Morgan fingerprint density at radius 3 is 1.76 bits per heavy atom. The molecule has 0 bridgehead atoms. The van der Waals surface area contributed by atoms with Gasteiger partial charge in [-0.3, -0.25) is 0 Å². The summed E-state index contributed by atoms with van der Waals surface area (Å²) in [5.74, 6) is 0. The van der Waals surface area contributed by atoms with E-state index < -0.39 is 17.4 Å². The molecule has 2 aliphatic carbocycles. The van der Waals surface area contributed by atoms with Gasteiger partial charge in [0.2, 0.25) is 0 Å². The van der Waals surface area contributed by atoms with Gasteiger partial charge in [0.05, 0.1) is 0 Å². The Morgan fingerprint density at radius 2 is 1.21 bits per heavy atom. The van der Waals surface area contributed by atoms with E-state index in [9.17, 15) is 0 Å². The summed E-state index contributed by atoms with van der Waals surface area (Å²) in [5.41, 5.74) is 11.4. The molecule has 0 aromatic heterocycles. The molecule has 0 heterocycles. The number of fused-ring (bicyclic) bond motifs is 3. The first-order chi connectivity index (χ1) is 19.2. The van der Waals surface area contributed by atoms with Crippen LogP contribution >= 0.6 is 0 Å². The maximum atomic E-state index is 2.62. The van der Waals surface area contributed by atoms with E-state index in [-0.39, 0.29) is 35.6 Å². The van der Waals surface area contributed by atoms with E-state index in [2.05, 4.69) is 151 Å². The SMILES string of the molecule is C[C](C)=[Ti+2]([C]1=CC=CC1)[c]1cc(C(C)(C)c2ccccc2)cc2c1Cc1ccc(C(C)(C)c3ccccc3)cc1-2.[Cl-].[Cl-]. The molecular formula is C39H40Cl2Ti. The van der Waals surface area contributed by atoms with Crippen LogP contribution in [-0.4, -0.2) is 3.81 Å². The predicted molar refractivity (Wildman–Crippen MR) is 170 cm³/mol. The van der Waals surface area contributed by atoms with E-state index in [1.807, 2.05) is 0 Å². The molecule has 0 nitrogen and oxygen atoms in total. The first-order valence-electron chi connectivity index (χ1n) is 14.6. The molecule has 0 radical (unpaired) electrons. The minimum absolute atomic E-state index is 0. The topological polar surface area (TPSA) is 0 Å². The molecule has 0 fully saturated rings. The van der Waals surface area contributed by atoms with Crippen molar-refractivity contribution < 1.29 is 42.2 Å². The van der Waals surface area contributed by atoms with Gasteiger partial charge in [0.15, 0.2) is 0 Å². The molecule has 2 aliphatic rings. The van der Waals surface area contributed by atoms with E-state index in [1.54, 1.807) is 17.1 Å². The van der Waals surface area contributed by atoms with Gasteiger partial charge in [-0.05, 0) is 0 Å². The van der Waals surface area contributed by atoms with E-state index in [0.717, 1.165) is 12.8 Å². The van der Waals surface area contributed by atoms with Gasteiger partial charge in [0, 0.05) is 0 Å². The van der Waals surface area contributed by atoms with Gasteiger partial charge in [-0.1, -0.05) is 0 Å². The van der Waals surface area contributed by atoms with E-state index >= 15 is 0 Å². The van der Waals surface area contributed by atoms with Crippen molar-refractivity contribution in [2.24, 2.45) is 0 Å². The Hall–Kier alpha value is -2.48. The Morgan fingerprint density at radius 1 is 0.643 bits per heavy atom. The molecule has 0 amide bonds. The van der Waals surface area contributed by atoms with Gasteiger partial charge in [-0.25, -0.2) is 0 Å². The first kappa shape index (κ1) is 32.4. The zero-order valence-electron chi connectivity index (χ0n) is 25.6. The Labute approximate surface area is 271 Å². The number of allylic oxidation sites excluding steroid dienone is 4. The Kier molecular flexibility index (Phi) is 9.76. The molecule has 0 unspecified atom stereocenters. The van der Waals surface area contributed by atoms with E-state index in [1.165, 1.54) is 38.9 Å². The summed E-state index contributed by atoms with van der Waals surface area (Å²) in [7, 11) is 0. The molecule has 3 heteroatoms. The van der Waals surface area contributed by atoms with Crippen molar-refractivity contribution in [3.63, 3.8) is 0 Å². The predicted octanol–water partition coefficient (Wildman–Crippen LogP) is 3.22. The second-order valence-electron chi connectivity index (χ2n) is 12.8. The average molecular weight is 628 g/mol. The molecule has 214 valence electrons. The minimum Gasteiger partial charge on any atom is -1.00 e. The standard InChI is InChI=1S/C31H29.C5H5.C3H6.2ClH.Ti/c1-30(2,24-11-7-5-8-12-24)26-17-15-22-19-23-16-18-27(21-29(23)28(22)20-26)31(3,4)25-13-9-6-10-14-25;1-2-4-5-3-1;1-3-2;;;/h5-15,17-18,20-21H,19H2,1-4H3;1-3H,4H2;1-2H3;2*1H;/q;;;;;+2/p-2. The van der Waals surface area contributed by atoms with Gasteiger partial charge in [-0.2, -0.15) is 0 Å². The number of hydrogen-bond donors (Lipinski definition) is 0. The summed E-state index contributed by atoms with van der Waals surface area (Å²) in [6.07, 6.45) is 9.20. The molecule has 0 atom stereocenters. The van der Waals surface area contributed by atoms with Crippen LogP contribution in [0.15, 0.2) is 113 Å². The van der Waals surface area contributed by atoms with Crippen LogP contribution in [0.1, 0.15) is 81.3 Å². The van der Waals surface area contributed by atoms with Crippen molar-refractivity contribution in [1.82, 2.24) is 0 Å². The van der Waals surface area contributed by atoms with Crippen LogP contribution < -0.4 is 28.7 Å². The van der Waals surface area contributed by atoms with E-state index in [4.69, 9.17) is 0 Å². The monoisotopic (exact) mass is 626 g/mol. The molecular weight excluding hydrogens is 587 g/mol. The van der Waals surface area contributed by atoms with Crippen LogP contribution in [0.25, 0.3) is 11.1 Å². The Bertz CT molecular complexity index is 1690. The molecule has 4 aromatic rings. The molecule has 0 saturated heterocycles. The largest absolute Gasteiger partial charge is 1.00 e. The van der Waals surface area contributed by atoms with Gasteiger partial charge >= 0.3 is 248 Å². The molecule has 4 aromatic carbocycles. The fraction of sp³-hybridized carbons (Fsp3) is 0.256. The zero-order valence-corrected chi connectivity index (χ0v) is 28.6. The third-order valence-corrected chi connectivity index (χ3v) is 14.0. The summed E-state index contributed by atoms with van der Waals surface area (Å²) in [4.78, 5) is 0. The third-order valence-electron chi connectivity index (χ3n) is 9.31. The fourth-order valence-corrected chi connectivity index (χ4v) is 11.3. The van der Waals surface area contributed by atoms with Crippen molar-refractivity contribution in [2.45, 2.75) is 65.2 Å². The zero-order chi connectivity index (χ0) is 28.1. The fourth-order valence-electron chi connectivity index (χ4n) is 6.69. The van der Waals surface area contributed by atoms with Crippen molar-refractivity contribution in [3.05, 3.63) is 146 Å². The molecule has 0 aliphatic heterocycles. The number of hydrogen-bond acceptors (Lipinski definition) is 0. The molecule has 0 N–H and O–H groups in total. The average Bonchev–Trinajstić information content (AvgIpc) is 3.62. The van der Waals surface area contributed by atoms with Crippen molar-refractivity contribution in [3.8, 4) is 11.1 Å². The van der Waals surface area contributed by atoms with Crippen LogP contribution in [0, 0.1) is 0 Å². The minimum atomic E-state index is -1.83. The van der Waals surface area contributed by atoms with Gasteiger partial charge in [-0.15, -0.1) is 0 Å². The molecule has 0 saturated carbocycles. The molecule has 42 heavy (non-hydrogen) atoms. The maximum Gasteiger partial charge on any atom is -1.00 e.